The normalized spacial score (nSPS) is 19.8. The summed E-state index contributed by atoms with van der Waals surface area (Å²) in [5, 5.41) is 11.1. The van der Waals surface area contributed by atoms with E-state index in [-0.39, 0.29) is 12.0 Å². The van der Waals surface area contributed by atoms with Gasteiger partial charge < -0.3 is 9.84 Å². The topological polar surface area (TPSA) is 63.6 Å². The highest BCUT2D eigenvalue weighted by atomic mass is 16.6. The summed E-state index contributed by atoms with van der Waals surface area (Å²) in [4.78, 5) is 27.0. The van der Waals surface area contributed by atoms with Crippen molar-refractivity contribution in [1.29, 1.82) is 0 Å². The molecule has 0 radical (unpaired) electrons. The van der Waals surface area contributed by atoms with Crippen molar-refractivity contribution in [3.63, 3.8) is 0 Å². The van der Waals surface area contributed by atoms with E-state index in [0.29, 0.717) is 12.0 Å². The van der Waals surface area contributed by atoms with E-state index in [2.05, 4.69) is 0 Å². The molecule has 1 aliphatic heterocycles. The number of hydrogen-bond donors (Lipinski definition) is 1. The molecule has 0 saturated carbocycles. The third-order valence-electron chi connectivity index (χ3n) is 5.82. The number of aliphatic hydroxyl groups is 1. The molecule has 0 spiro atoms. The third-order valence-corrected chi connectivity index (χ3v) is 5.82. The molecular formula is C27H24O4. The molecular weight excluding hydrogens is 388 g/mol. The van der Waals surface area contributed by atoms with Gasteiger partial charge in [0.1, 0.15) is 0 Å². The van der Waals surface area contributed by atoms with Gasteiger partial charge in [0.25, 0.3) is 0 Å². The summed E-state index contributed by atoms with van der Waals surface area (Å²) in [6.07, 6.45) is 0.685. The number of ether oxygens (including phenoxy) is 1. The van der Waals surface area contributed by atoms with Crippen LogP contribution in [0.5, 0.6) is 0 Å². The summed E-state index contributed by atoms with van der Waals surface area (Å²) in [5.74, 6) is -2.19. The molecule has 2 atom stereocenters. The monoisotopic (exact) mass is 412 g/mol. The largest absolute Gasteiger partial charge is 0.504 e. The fourth-order valence-electron chi connectivity index (χ4n) is 4.27. The Hall–Kier alpha value is -3.66. The Labute approximate surface area is 181 Å². The Morgan fingerprint density at radius 3 is 1.97 bits per heavy atom. The first kappa shape index (κ1) is 20.6. The van der Waals surface area contributed by atoms with E-state index < -0.39 is 29.0 Å². The standard InChI is InChI=1S/C27H24O4/c1-2-22(20-14-8-4-9-15-20)23-24(28)25(29)27(31-26(23)30,21-16-10-5-11-17-21)18-19-12-6-3-7-13-19/h3-17,22,28H,2,18H2,1H3. The van der Waals surface area contributed by atoms with Crippen molar-refractivity contribution < 1.29 is 19.4 Å². The van der Waals surface area contributed by atoms with Crippen LogP contribution in [0.3, 0.4) is 0 Å². The van der Waals surface area contributed by atoms with Crippen molar-refractivity contribution >= 4 is 11.8 Å². The number of esters is 1. The van der Waals surface area contributed by atoms with Gasteiger partial charge in [-0.05, 0) is 17.5 Å². The quantitative estimate of drug-likeness (QED) is 0.561. The number of benzene rings is 3. The minimum atomic E-state index is -1.61. The van der Waals surface area contributed by atoms with Crippen molar-refractivity contribution in [3.8, 4) is 0 Å². The lowest BCUT2D eigenvalue weighted by molar-refractivity contribution is -0.169. The van der Waals surface area contributed by atoms with Crippen molar-refractivity contribution in [3.05, 3.63) is 119 Å². The molecule has 3 aromatic rings. The van der Waals surface area contributed by atoms with Gasteiger partial charge in [-0.1, -0.05) is 97.9 Å². The molecule has 3 aromatic carbocycles. The lowest BCUT2D eigenvalue weighted by Crippen LogP contribution is -2.48. The summed E-state index contributed by atoms with van der Waals surface area (Å²) < 4.78 is 5.96. The van der Waals surface area contributed by atoms with E-state index in [0.717, 1.165) is 11.1 Å². The average Bonchev–Trinajstić information content (AvgIpc) is 2.82. The fourth-order valence-corrected chi connectivity index (χ4v) is 4.27. The van der Waals surface area contributed by atoms with Gasteiger partial charge in [-0.15, -0.1) is 0 Å². The summed E-state index contributed by atoms with van der Waals surface area (Å²) in [7, 11) is 0. The Morgan fingerprint density at radius 1 is 0.839 bits per heavy atom. The molecule has 1 aliphatic rings. The van der Waals surface area contributed by atoms with Gasteiger partial charge in [0.05, 0.1) is 5.57 Å². The SMILES string of the molecule is CCC(C1=C(O)C(=O)C(Cc2ccccc2)(c2ccccc2)OC1=O)c1ccccc1. The van der Waals surface area contributed by atoms with Gasteiger partial charge in [0.2, 0.25) is 11.4 Å². The van der Waals surface area contributed by atoms with Crippen molar-refractivity contribution in [1.82, 2.24) is 0 Å². The Bertz CT molecular complexity index is 1100. The first-order chi connectivity index (χ1) is 15.1. The van der Waals surface area contributed by atoms with Crippen molar-refractivity contribution in [2.24, 2.45) is 0 Å². The predicted molar refractivity (Wildman–Crippen MR) is 118 cm³/mol. The minimum Gasteiger partial charge on any atom is -0.504 e. The average molecular weight is 412 g/mol. The first-order valence-corrected chi connectivity index (χ1v) is 10.4. The van der Waals surface area contributed by atoms with Gasteiger partial charge in [-0.25, -0.2) is 4.79 Å². The molecule has 1 heterocycles. The van der Waals surface area contributed by atoms with E-state index in [9.17, 15) is 14.7 Å². The van der Waals surface area contributed by atoms with Crippen molar-refractivity contribution in [2.45, 2.75) is 31.3 Å². The van der Waals surface area contributed by atoms with Crippen LogP contribution in [0.2, 0.25) is 0 Å². The third kappa shape index (κ3) is 3.77. The first-order valence-electron chi connectivity index (χ1n) is 10.4. The van der Waals surface area contributed by atoms with Crippen molar-refractivity contribution in [2.75, 3.05) is 0 Å². The number of cyclic esters (lactones) is 1. The molecule has 0 saturated heterocycles. The highest BCUT2D eigenvalue weighted by Crippen LogP contribution is 2.42. The second-order valence-corrected chi connectivity index (χ2v) is 7.71. The molecule has 0 fully saturated rings. The van der Waals surface area contributed by atoms with Gasteiger partial charge in [0.15, 0.2) is 5.76 Å². The van der Waals surface area contributed by atoms with Crippen LogP contribution in [-0.2, 0) is 26.3 Å². The lowest BCUT2D eigenvalue weighted by atomic mass is 9.77. The highest BCUT2D eigenvalue weighted by Gasteiger charge is 2.52. The number of hydrogen-bond acceptors (Lipinski definition) is 4. The second-order valence-electron chi connectivity index (χ2n) is 7.71. The molecule has 1 N–H and O–H groups in total. The van der Waals surface area contributed by atoms with E-state index in [1.54, 1.807) is 24.3 Å². The zero-order valence-corrected chi connectivity index (χ0v) is 17.3. The minimum absolute atomic E-state index is 0.0262. The lowest BCUT2D eigenvalue weighted by Gasteiger charge is -2.37. The van der Waals surface area contributed by atoms with Gasteiger partial charge in [-0.2, -0.15) is 0 Å². The molecule has 31 heavy (non-hydrogen) atoms. The molecule has 156 valence electrons. The zero-order valence-electron chi connectivity index (χ0n) is 17.3. The molecule has 2 unspecified atom stereocenters. The maximum absolute atomic E-state index is 13.7. The molecule has 0 amide bonds. The van der Waals surface area contributed by atoms with E-state index in [4.69, 9.17) is 4.74 Å². The number of Topliss-reactive ketones (excluding diaryl/α,β-unsaturated/α-hetero) is 1. The number of carbonyl (C=O) groups excluding carboxylic acids is 2. The van der Waals surface area contributed by atoms with Crippen LogP contribution in [0.15, 0.2) is 102 Å². The molecule has 4 rings (SSSR count). The number of rotatable bonds is 6. The van der Waals surface area contributed by atoms with Crippen LogP contribution >= 0.6 is 0 Å². The van der Waals surface area contributed by atoms with Crippen LogP contribution in [0.1, 0.15) is 36.0 Å². The molecule has 0 bridgehead atoms. The summed E-state index contributed by atoms with van der Waals surface area (Å²) in [6.45, 7) is 1.92. The molecule has 4 nitrogen and oxygen atoms in total. The number of ketones is 1. The van der Waals surface area contributed by atoms with Gasteiger partial charge in [0, 0.05) is 17.9 Å². The highest BCUT2D eigenvalue weighted by molar-refractivity contribution is 6.11. The zero-order chi connectivity index (χ0) is 21.8. The maximum atomic E-state index is 13.7. The predicted octanol–water partition coefficient (Wildman–Crippen LogP) is 5.26. The summed E-state index contributed by atoms with van der Waals surface area (Å²) in [5.41, 5.74) is 0.640. The van der Waals surface area contributed by atoms with E-state index in [1.807, 2.05) is 73.7 Å². The second kappa shape index (κ2) is 8.60. The van der Waals surface area contributed by atoms with E-state index >= 15 is 0 Å². The van der Waals surface area contributed by atoms with Crippen LogP contribution < -0.4 is 0 Å². The number of carbonyl (C=O) groups is 2. The Kier molecular flexibility index (Phi) is 5.72. The number of aliphatic hydroxyl groups excluding tert-OH is 1. The maximum Gasteiger partial charge on any atom is 0.339 e. The Morgan fingerprint density at radius 2 is 1.39 bits per heavy atom. The van der Waals surface area contributed by atoms with Gasteiger partial charge >= 0.3 is 5.97 Å². The van der Waals surface area contributed by atoms with Crippen LogP contribution in [0.4, 0.5) is 0 Å². The molecule has 0 aromatic heterocycles. The Balaban J connectivity index is 1.84. The summed E-state index contributed by atoms with van der Waals surface area (Å²) >= 11 is 0. The summed E-state index contributed by atoms with van der Waals surface area (Å²) in [6, 6.07) is 27.7. The van der Waals surface area contributed by atoms with Crippen LogP contribution in [0, 0.1) is 0 Å². The van der Waals surface area contributed by atoms with Gasteiger partial charge in [-0.3, -0.25) is 4.79 Å². The molecule has 4 heteroatoms. The molecule has 0 aliphatic carbocycles. The fraction of sp³-hybridized carbons (Fsp3) is 0.185. The van der Waals surface area contributed by atoms with E-state index in [1.165, 1.54) is 0 Å². The van der Waals surface area contributed by atoms with Crippen LogP contribution in [0.25, 0.3) is 0 Å². The smallest absolute Gasteiger partial charge is 0.339 e. The van der Waals surface area contributed by atoms with Crippen LogP contribution in [-0.4, -0.2) is 16.9 Å².